The van der Waals surface area contributed by atoms with Gasteiger partial charge in [-0.05, 0) is 36.4 Å². The van der Waals surface area contributed by atoms with Crippen molar-refractivity contribution >= 4 is 11.6 Å². The fourth-order valence-corrected chi connectivity index (χ4v) is 2.10. The quantitative estimate of drug-likeness (QED) is 0.767. The number of aromatic nitrogens is 3. The smallest absolute Gasteiger partial charge is 0.322 e. The number of aromatic amines is 1. The number of anilines is 1. The molecule has 1 amide bonds. The van der Waals surface area contributed by atoms with E-state index in [1.165, 1.54) is 6.33 Å². The van der Waals surface area contributed by atoms with Crippen LogP contribution in [0.25, 0.3) is 11.4 Å². The van der Waals surface area contributed by atoms with E-state index >= 15 is 0 Å². The van der Waals surface area contributed by atoms with Gasteiger partial charge in [0.2, 0.25) is 0 Å². The molecule has 0 aliphatic heterocycles. The molecule has 122 valence electrons. The zero-order chi connectivity index (χ0) is 17.2. The van der Waals surface area contributed by atoms with Crippen molar-refractivity contribution < 1.29 is 18.0 Å². The summed E-state index contributed by atoms with van der Waals surface area (Å²) in [6, 6.07) is 10.9. The van der Waals surface area contributed by atoms with Gasteiger partial charge in [-0.15, -0.1) is 0 Å². The van der Waals surface area contributed by atoms with E-state index in [2.05, 4.69) is 20.5 Å². The van der Waals surface area contributed by atoms with E-state index in [1.54, 1.807) is 24.3 Å². The second kappa shape index (κ2) is 6.15. The van der Waals surface area contributed by atoms with Crippen molar-refractivity contribution in [2.75, 3.05) is 5.32 Å². The van der Waals surface area contributed by atoms with Gasteiger partial charge in [0.05, 0.1) is 5.56 Å². The molecule has 0 saturated heterocycles. The predicted molar refractivity (Wildman–Crippen MR) is 81.2 cm³/mol. The number of H-pyrrole nitrogens is 1. The number of rotatable bonds is 3. The van der Waals surface area contributed by atoms with E-state index in [-0.39, 0.29) is 5.56 Å². The lowest BCUT2D eigenvalue weighted by molar-refractivity contribution is -0.137. The Morgan fingerprint density at radius 2 is 1.83 bits per heavy atom. The Hall–Kier alpha value is -3.16. The minimum atomic E-state index is -4.43. The van der Waals surface area contributed by atoms with Crippen LogP contribution in [-0.2, 0) is 6.18 Å². The minimum Gasteiger partial charge on any atom is -0.322 e. The molecule has 24 heavy (non-hydrogen) atoms. The van der Waals surface area contributed by atoms with Gasteiger partial charge in [-0.3, -0.25) is 9.89 Å². The maximum Gasteiger partial charge on any atom is 0.416 e. The Bertz CT molecular complexity index is 843. The molecule has 1 heterocycles. The fraction of sp³-hybridized carbons (Fsp3) is 0.0625. The van der Waals surface area contributed by atoms with E-state index in [0.717, 1.165) is 29.8 Å². The Balaban J connectivity index is 1.76. The molecule has 0 unspecified atom stereocenters. The number of hydrogen-bond acceptors (Lipinski definition) is 3. The first-order chi connectivity index (χ1) is 11.4. The molecule has 0 radical (unpaired) electrons. The zero-order valence-corrected chi connectivity index (χ0v) is 12.1. The molecule has 0 fully saturated rings. The monoisotopic (exact) mass is 332 g/mol. The number of alkyl halides is 3. The van der Waals surface area contributed by atoms with E-state index in [4.69, 9.17) is 0 Å². The van der Waals surface area contributed by atoms with E-state index in [1.807, 2.05) is 0 Å². The van der Waals surface area contributed by atoms with Gasteiger partial charge in [0.15, 0.2) is 5.82 Å². The summed E-state index contributed by atoms with van der Waals surface area (Å²) in [5, 5.41) is 9.09. The summed E-state index contributed by atoms with van der Waals surface area (Å²) in [6.45, 7) is 0. The lowest BCUT2D eigenvalue weighted by atomic mass is 10.1. The highest BCUT2D eigenvalue weighted by atomic mass is 19.4. The first kappa shape index (κ1) is 15.7. The Morgan fingerprint density at radius 3 is 2.46 bits per heavy atom. The Kier molecular flexibility index (Phi) is 4.03. The molecule has 3 rings (SSSR count). The van der Waals surface area contributed by atoms with Crippen LogP contribution in [0.15, 0.2) is 54.9 Å². The molecule has 0 spiro atoms. The summed E-state index contributed by atoms with van der Waals surface area (Å²) < 4.78 is 37.6. The topological polar surface area (TPSA) is 70.7 Å². The van der Waals surface area contributed by atoms with Crippen molar-refractivity contribution in [1.82, 2.24) is 15.2 Å². The summed E-state index contributed by atoms with van der Waals surface area (Å²) >= 11 is 0. The van der Waals surface area contributed by atoms with Gasteiger partial charge in [-0.2, -0.15) is 18.3 Å². The summed E-state index contributed by atoms with van der Waals surface area (Å²) in [5.41, 5.74) is 0.547. The number of nitrogens with one attached hydrogen (secondary N) is 2. The highest BCUT2D eigenvalue weighted by molar-refractivity contribution is 6.04. The standard InChI is InChI=1S/C16H11F3N4O/c17-16(18,19)12-6-4-10(5-7-12)15(24)22-13-3-1-2-11(8-13)14-20-9-21-23-14/h1-9H,(H,22,24)(H,20,21,23). The number of halogens is 3. The summed E-state index contributed by atoms with van der Waals surface area (Å²) in [6.07, 6.45) is -3.07. The van der Waals surface area contributed by atoms with Crippen LogP contribution in [0, 0.1) is 0 Å². The van der Waals surface area contributed by atoms with Crippen molar-refractivity contribution in [1.29, 1.82) is 0 Å². The molecule has 0 bridgehead atoms. The third-order valence-electron chi connectivity index (χ3n) is 3.28. The van der Waals surface area contributed by atoms with Crippen LogP contribution >= 0.6 is 0 Å². The minimum absolute atomic E-state index is 0.132. The maximum atomic E-state index is 12.5. The predicted octanol–water partition coefficient (Wildman–Crippen LogP) is 3.74. The summed E-state index contributed by atoms with van der Waals surface area (Å²) in [5.74, 6) is 0.0408. The number of carbonyl (C=O) groups is 1. The number of amides is 1. The van der Waals surface area contributed by atoms with Crippen molar-refractivity contribution in [3.8, 4) is 11.4 Å². The molecule has 0 saturated carbocycles. The van der Waals surface area contributed by atoms with Crippen LogP contribution in [0.1, 0.15) is 15.9 Å². The SMILES string of the molecule is O=C(Nc1cccc(-c2ncn[nH]2)c1)c1ccc(C(F)(F)F)cc1. The van der Waals surface area contributed by atoms with E-state index < -0.39 is 17.6 Å². The molecule has 5 nitrogen and oxygen atoms in total. The van der Waals surface area contributed by atoms with E-state index in [0.29, 0.717) is 11.5 Å². The van der Waals surface area contributed by atoms with Crippen LogP contribution in [-0.4, -0.2) is 21.1 Å². The maximum absolute atomic E-state index is 12.5. The lowest BCUT2D eigenvalue weighted by Gasteiger charge is -2.09. The van der Waals surface area contributed by atoms with Crippen LogP contribution in [0.5, 0.6) is 0 Å². The van der Waals surface area contributed by atoms with Crippen LogP contribution in [0.2, 0.25) is 0 Å². The molecule has 0 aliphatic rings. The molecule has 2 N–H and O–H groups in total. The average Bonchev–Trinajstić information content (AvgIpc) is 3.09. The normalized spacial score (nSPS) is 11.3. The fourth-order valence-electron chi connectivity index (χ4n) is 2.10. The zero-order valence-electron chi connectivity index (χ0n) is 12.1. The molecule has 1 aromatic heterocycles. The lowest BCUT2D eigenvalue weighted by Crippen LogP contribution is -2.12. The van der Waals surface area contributed by atoms with Crippen molar-refractivity contribution in [3.05, 3.63) is 66.0 Å². The van der Waals surface area contributed by atoms with Gasteiger partial charge in [-0.1, -0.05) is 12.1 Å². The second-order valence-corrected chi connectivity index (χ2v) is 4.94. The molecule has 2 aromatic carbocycles. The van der Waals surface area contributed by atoms with Crippen molar-refractivity contribution in [2.24, 2.45) is 0 Å². The molecule has 3 aromatic rings. The Labute approximate surface area is 134 Å². The molecule has 8 heteroatoms. The first-order valence-corrected chi connectivity index (χ1v) is 6.88. The number of carbonyl (C=O) groups excluding carboxylic acids is 1. The van der Waals surface area contributed by atoms with Crippen LogP contribution < -0.4 is 5.32 Å². The summed E-state index contributed by atoms with van der Waals surface area (Å²) in [4.78, 5) is 16.2. The van der Waals surface area contributed by atoms with Gasteiger partial charge in [0, 0.05) is 16.8 Å². The number of hydrogen-bond donors (Lipinski definition) is 2. The number of benzene rings is 2. The molecular formula is C16H11F3N4O. The van der Waals surface area contributed by atoms with Gasteiger partial charge >= 0.3 is 6.18 Å². The molecule has 0 aliphatic carbocycles. The second-order valence-electron chi connectivity index (χ2n) is 4.94. The van der Waals surface area contributed by atoms with Gasteiger partial charge in [0.25, 0.3) is 5.91 Å². The van der Waals surface area contributed by atoms with Gasteiger partial charge in [0.1, 0.15) is 6.33 Å². The van der Waals surface area contributed by atoms with Crippen molar-refractivity contribution in [3.63, 3.8) is 0 Å². The first-order valence-electron chi connectivity index (χ1n) is 6.88. The highest BCUT2D eigenvalue weighted by Gasteiger charge is 2.30. The van der Waals surface area contributed by atoms with Crippen molar-refractivity contribution in [2.45, 2.75) is 6.18 Å². The highest BCUT2D eigenvalue weighted by Crippen LogP contribution is 2.29. The third-order valence-corrected chi connectivity index (χ3v) is 3.28. The Morgan fingerprint density at radius 1 is 1.08 bits per heavy atom. The van der Waals surface area contributed by atoms with E-state index in [9.17, 15) is 18.0 Å². The van der Waals surface area contributed by atoms with Gasteiger partial charge in [-0.25, -0.2) is 4.98 Å². The average molecular weight is 332 g/mol. The number of nitrogens with zero attached hydrogens (tertiary/aromatic N) is 2. The van der Waals surface area contributed by atoms with Gasteiger partial charge < -0.3 is 5.32 Å². The molecule has 0 atom stereocenters. The molecular weight excluding hydrogens is 321 g/mol. The summed E-state index contributed by atoms with van der Waals surface area (Å²) in [7, 11) is 0. The third kappa shape index (κ3) is 3.43. The van der Waals surface area contributed by atoms with Crippen LogP contribution in [0.4, 0.5) is 18.9 Å². The largest absolute Gasteiger partial charge is 0.416 e. The van der Waals surface area contributed by atoms with Crippen LogP contribution in [0.3, 0.4) is 0 Å².